The number of carbonyl (C=O) groups excluding carboxylic acids is 2. The lowest BCUT2D eigenvalue weighted by molar-refractivity contribution is -0.124. The molecule has 31 heavy (non-hydrogen) atoms. The van der Waals surface area contributed by atoms with Crippen molar-refractivity contribution in [3.63, 3.8) is 0 Å². The topological polar surface area (TPSA) is 88.3 Å². The van der Waals surface area contributed by atoms with Crippen molar-refractivity contribution in [1.82, 2.24) is 14.9 Å². The van der Waals surface area contributed by atoms with E-state index < -0.39 is 17.5 Å². The maximum absolute atomic E-state index is 13.6. The zero-order chi connectivity index (χ0) is 22.8. The fraction of sp³-hybridized carbons (Fsp3) is 0.391. The standard InChI is InChI=1S/C23H28N4O3S/c1-7-23(5,6)24-21(28)20(19-9-8-16(4)30-19)27(22(29)18-13-31-26-25-18)17-11-14(2)10-15(3)12-17/h8-13,20H,7H2,1-6H3,(H,24,28)/t20-/m0/s1. The first-order valence-electron chi connectivity index (χ1n) is 10.2. The molecule has 3 aromatic rings. The lowest BCUT2D eigenvalue weighted by atomic mass is 10.00. The molecule has 0 aliphatic carbocycles. The molecule has 1 N–H and O–H groups in total. The smallest absolute Gasteiger partial charge is 0.280 e. The second-order valence-corrected chi connectivity index (χ2v) is 9.00. The van der Waals surface area contributed by atoms with E-state index in [1.807, 2.05) is 59.7 Å². The molecule has 0 saturated carbocycles. The molecule has 0 aliphatic rings. The van der Waals surface area contributed by atoms with Crippen LogP contribution in [-0.4, -0.2) is 26.9 Å². The van der Waals surface area contributed by atoms with Crippen LogP contribution in [0, 0.1) is 20.8 Å². The first-order valence-corrected chi connectivity index (χ1v) is 11.0. The molecule has 3 rings (SSSR count). The van der Waals surface area contributed by atoms with Crippen molar-refractivity contribution in [3.8, 4) is 0 Å². The van der Waals surface area contributed by atoms with E-state index in [-0.39, 0.29) is 11.6 Å². The van der Waals surface area contributed by atoms with Crippen molar-refractivity contribution in [1.29, 1.82) is 0 Å². The number of rotatable bonds is 7. The largest absolute Gasteiger partial charge is 0.464 e. The molecule has 1 atom stereocenters. The van der Waals surface area contributed by atoms with Crippen LogP contribution in [0.25, 0.3) is 0 Å². The summed E-state index contributed by atoms with van der Waals surface area (Å²) in [6.07, 6.45) is 0.732. The first kappa shape index (κ1) is 22.7. The normalized spacial score (nSPS) is 12.5. The fourth-order valence-corrected chi connectivity index (χ4v) is 3.75. The average molecular weight is 441 g/mol. The van der Waals surface area contributed by atoms with Gasteiger partial charge < -0.3 is 9.73 Å². The molecular weight excluding hydrogens is 412 g/mol. The molecule has 0 saturated heterocycles. The van der Waals surface area contributed by atoms with Gasteiger partial charge in [-0.05, 0) is 88.0 Å². The molecule has 1 aromatic carbocycles. The minimum Gasteiger partial charge on any atom is -0.464 e. The van der Waals surface area contributed by atoms with Gasteiger partial charge in [-0.25, -0.2) is 0 Å². The molecule has 0 fully saturated rings. The molecule has 2 heterocycles. The Morgan fingerprint density at radius 3 is 2.35 bits per heavy atom. The van der Waals surface area contributed by atoms with Crippen molar-refractivity contribution in [2.75, 3.05) is 4.90 Å². The molecule has 7 nitrogen and oxygen atoms in total. The zero-order valence-corrected chi connectivity index (χ0v) is 19.5. The Balaban J connectivity index is 2.18. The number of anilines is 1. The fourth-order valence-electron chi connectivity index (χ4n) is 3.32. The predicted octanol–water partition coefficient (Wildman–Crippen LogP) is 4.75. The van der Waals surface area contributed by atoms with Crippen molar-refractivity contribution in [2.24, 2.45) is 0 Å². The Bertz CT molecular complexity index is 1050. The lowest BCUT2D eigenvalue weighted by Crippen LogP contribution is -2.50. The number of aromatic nitrogens is 2. The maximum Gasteiger partial charge on any atom is 0.280 e. The molecule has 2 aromatic heterocycles. The quantitative estimate of drug-likeness (QED) is 0.573. The zero-order valence-electron chi connectivity index (χ0n) is 18.7. The molecule has 0 unspecified atom stereocenters. The van der Waals surface area contributed by atoms with Gasteiger partial charge in [0.15, 0.2) is 11.7 Å². The molecule has 2 amide bonds. The van der Waals surface area contributed by atoms with Gasteiger partial charge in [0.25, 0.3) is 11.8 Å². The number of hydrogen-bond donors (Lipinski definition) is 1. The SMILES string of the molecule is CCC(C)(C)NC(=O)[C@H](c1ccc(C)o1)N(C(=O)c1csnn1)c1cc(C)cc(C)c1. The molecular formula is C23H28N4O3S. The Hall–Kier alpha value is -3.00. The van der Waals surface area contributed by atoms with Crippen LogP contribution in [0.15, 0.2) is 40.1 Å². The van der Waals surface area contributed by atoms with Crippen LogP contribution in [0.1, 0.15) is 66.4 Å². The first-order chi connectivity index (χ1) is 14.6. The molecule has 164 valence electrons. The third-order valence-corrected chi connectivity index (χ3v) is 5.67. The van der Waals surface area contributed by atoms with E-state index in [1.165, 1.54) is 4.90 Å². The van der Waals surface area contributed by atoms with Gasteiger partial charge in [-0.2, -0.15) is 0 Å². The van der Waals surface area contributed by atoms with Gasteiger partial charge >= 0.3 is 0 Å². The second-order valence-electron chi connectivity index (χ2n) is 8.39. The third-order valence-electron chi connectivity index (χ3n) is 5.17. The van der Waals surface area contributed by atoms with Gasteiger partial charge in [-0.15, -0.1) is 5.10 Å². The number of benzene rings is 1. The van der Waals surface area contributed by atoms with Crippen molar-refractivity contribution >= 4 is 29.0 Å². The minimum atomic E-state index is -1.00. The van der Waals surface area contributed by atoms with Crippen LogP contribution in [0.2, 0.25) is 0 Å². The summed E-state index contributed by atoms with van der Waals surface area (Å²) < 4.78 is 9.69. The molecule has 0 spiro atoms. The van der Waals surface area contributed by atoms with Crippen molar-refractivity contribution < 1.29 is 14.0 Å². The summed E-state index contributed by atoms with van der Waals surface area (Å²) in [6, 6.07) is 8.30. The van der Waals surface area contributed by atoms with Gasteiger partial charge in [0.05, 0.1) is 0 Å². The van der Waals surface area contributed by atoms with E-state index >= 15 is 0 Å². The monoisotopic (exact) mass is 440 g/mol. The van der Waals surface area contributed by atoms with Gasteiger partial charge in [0, 0.05) is 16.6 Å². The van der Waals surface area contributed by atoms with E-state index in [4.69, 9.17) is 4.42 Å². The number of amides is 2. The van der Waals surface area contributed by atoms with Gasteiger partial charge in [-0.3, -0.25) is 14.5 Å². The highest BCUT2D eigenvalue weighted by Crippen LogP contribution is 2.32. The van der Waals surface area contributed by atoms with E-state index in [0.717, 1.165) is 29.1 Å². The highest BCUT2D eigenvalue weighted by Gasteiger charge is 2.38. The van der Waals surface area contributed by atoms with Crippen LogP contribution >= 0.6 is 11.5 Å². The summed E-state index contributed by atoms with van der Waals surface area (Å²) in [7, 11) is 0. The number of nitrogens with zero attached hydrogens (tertiary/aromatic N) is 3. The molecule has 0 bridgehead atoms. The number of hydrogen-bond acceptors (Lipinski definition) is 6. The number of carbonyl (C=O) groups is 2. The molecule has 0 radical (unpaired) electrons. The third kappa shape index (κ3) is 5.19. The highest BCUT2D eigenvalue weighted by atomic mass is 32.1. The Morgan fingerprint density at radius 1 is 1.16 bits per heavy atom. The Kier molecular flexibility index (Phi) is 6.59. The van der Waals surface area contributed by atoms with E-state index in [0.29, 0.717) is 17.2 Å². The van der Waals surface area contributed by atoms with Crippen LogP contribution in [0.5, 0.6) is 0 Å². The van der Waals surface area contributed by atoms with Crippen LogP contribution < -0.4 is 10.2 Å². The lowest BCUT2D eigenvalue weighted by Gasteiger charge is -2.33. The highest BCUT2D eigenvalue weighted by molar-refractivity contribution is 7.03. The maximum atomic E-state index is 13.6. The summed E-state index contributed by atoms with van der Waals surface area (Å²) in [6.45, 7) is 11.6. The minimum absolute atomic E-state index is 0.181. The van der Waals surface area contributed by atoms with Crippen LogP contribution in [-0.2, 0) is 4.79 Å². The molecule has 0 aliphatic heterocycles. The van der Waals surface area contributed by atoms with E-state index in [1.54, 1.807) is 17.5 Å². The van der Waals surface area contributed by atoms with E-state index in [2.05, 4.69) is 14.9 Å². The number of aryl methyl sites for hydroxylation is 3. The number of furan rings is 1. The van der Waals surface area contributed by atoms with Crippen LogP contribution in [0.3, 0.4) is 0 Å². The van der Waals surface area contributed by atoms with E-state index in [9.17, 15) is 9.59 Å². The summed E-state index contributed by atoms with van der Waals surface area (Å²) in [5.74, 6) is 0.308. The number of nitrogens with one attached hydrogen (secondary N) is 1. The van der Waals surface area contributed by atoms with Crippen molar-refractivity contribution in [2.45, 2.75) is 59.5 Å². The Morgan fingerprint density at radius 2 is 1.84 bits per heavy atom. The van der Waals surface area contributed by atoms with Crippen molar-refractivity contribution in [3.05, 3.63) is 64.1 Å². The van der Waals surface area contributed by atoms with Gasteiger partial charge in [-0.1, -0.05) is 17.5 Å². The summed E-state index contributed by atoms with van der Waals surface area (Å²) in [4.78, 5) is 28.6. The average Bonchev–Trinajstić information content (AvgIpc) is 3.36. The summed E-state index contributed by atoms with van der Waals surface area (Å²) in [5.41, 5.74) is 2.29. The Labute approximate surface area is 186 Å². The summed E-state index contributed by atoms with van der Waals surface area (Å²) >= 11 is 1.09. The summed E-state index contributed by atoms with van der Waals surface area (Å²) in [5, 5.41) is 8.60. The van der Waals surface area contributed by atoms with Gasteiger partial charge in [0.2, 0.25) is 0 Å². The predicted molar refractivity (Wildman–Crippen MR) is 121 cm³/mol. The van der Waals surface area contributed by atoms with Crippen LogP contribution in [0.4, 0.5) is 5.69 Å². The molecule has 8 heteroatoms. The van der Waals surface area contributed by atoms with Gasteiger partial charge in [0.1, 0.15) is 11.5 Å². The second kappa shape index (κ2) is 9.01.